The van der Waals surface area contributed by atoms with Gasteiger partial charge in [0, 0.05) is 5.56 Å². The largest absolute Gasteiger partial charge is 0.300 e. The molecule has 0 aliphatic rings. The van der Waals surface area contributed by atoms with Crippen LogP contribution in [0.3, 0.4) is 0 Å². The molecule has 0 N–H and O–H groups in total. The van der Waals surface area contributed by atoms with Gasteiger partial charge in [-0.1, -0.05) is 45.0 Å². The molecule has 1 aromatic carbocycles. The minimum absolute atomic E-state index is 0.00636. The van der Waals surface area contributed by atoms with Gasteiger partial charge in [-0.15, -0.1) is 0 Å². The van der Waals surface area contributed by atoms with E-state index >= 15 is 0 Å². The molecule has 1 nitrogen and oxygen atoms in total. The van der Waals surface area contributed by atoms with Crippen molar-refractivity contribution < 1.29 is 13.6 Å². The van der Waals surface area contributed by atoms with Crippen LogP contribution in [0, 0.1) is 0 Å². The Morgan fingerprint density at radius 2 is 1.75 bits per heavy atom. The maximum atomic E-state index is 12.2. The molecule has 0 heterocycles. The molecule has 0 bridgehead atoms. The molecular weight excluding hydrogens is 210 g/mol. The van der Waals surface area contributed by atoms with Crippen LogP contribution < -0.4 is 0 Å². The highest BCUT2D eigenvalue weighted by atomic mass is 19.3. The third kappa shape index (κ3) is 2.65. The fourth-order valence-electron chi connectivity index (χ4n) is 1.42. The molecule has 0 spiro atoms. The van der Waals surface area contributed by atoms with Crippen LogP contribution in [-0.4, -0.2) is 12.2 Å². The normalized spacial score (nSPS) is 11.9. The predicted molar refractivity (Wildman–Crippen MR) is 60.1 cm³/mol. The summed E-state index contributed by atoms with van der Waals surface area (Å²) in [5.41, 5.74) is 1.14. The van der Waals surface area contributed by atoms with Crippen molar-refractivity contribution in [1.82, 2.24) is 0 Å². The van der Waals surface area contributed by atoms with Crippen LogP contribution in [0.15, 0.2) is 24.3 Å². The van der Waals surface area contributed by atoms with Crippen molar-refractivity contribution in [3.8, 4) is 0 Å². The van der Waals surface area contributed by atoms with Crippen molar-refractivity contribution >= 4 is 5.78 Å². The molecule has 88 valence electrons. The van der Waals surface area contributed by atoms with Crippen LogP contribution >= 0.6 is 0 Å². The highest BCUT2D eigenvalue weighted by Gasteiger charge is 2.20. The van der Waals surface area contributed by atoms with Gasteiger partial charge in [-0.25, -0.2) is 8.78 Å². The number of carbonyl (C=O) groups excluding carboxylic acids is 1. The van der Waals surface area contributed by atoms with E-state index in [1.807, 2.05) is 0 Å². The summed E-state index contributed by atoms with van der Waals surface area (Å²) in [7, 11) is 0. The second-order valence-corrected chi connectivity index (χ2v) is 4.48. The Morgan fingerprint density at radius 3 is 2.12 bits per heavy atom. The Balaban J connectivity index is 2.96. The first-order valence-corrected chi connectivity index (χ1v) is 5.31. The van der Waals surface area contributed by atoms with E-state index < -0.39 is 12.2 Å². The number of carbonyl (C=O) groups is 1. The maximum absolute atomic E-state index is 12.2. The average Bonchev–Trinajstić information content (AvgIpc) is 2.28. The SMILES string of the molecule is CCC(C)(C)c1ccc(C(=O)C(F)F)cc1. The van der Waals surface area contributed by atoms with Gasteiger partial charge in [0.15, 0.2) is 0 Å². The van der Waals surface area contributed by atoms with E-state index in [1.54, 1.807) is 12.1 Å². The highest BCUT2D eigenvalue weighted by Crippen LogP contribution is 2.26. The summed E-state index contributed by atoms with van der Waals surface area (Å²) in [5, 5.41) is 0. The molecule has 3 heteroatoms. The van der Waals surface area contributed by atoms with Gasteiger partial charge in [-0.2, -0.15) is 0 Å². The average molecular weight is 226 g/mol. The second kappa shape index (κ2) is 4.73. The highest BCUT2D eigenvalue weighted by molar-refractivity contribution is 5.98. The number of Topliss-reactive ketones (excluding diaryl/α,β-unsaturated/α-hetero) is 1. The molecule has 0 unspecified atom stereocenters. The Bertz CT molecular complexity index is 366. The van der Waals surface area contributed by atoms with E-state index in [2.05, 4.69) is 20.8 Å². The molecule has 0 aliphatic carbocycles. The summed E-state index contributed by atoms with van der Waals surface area (Å²) in [4.78, 5) is 11.0. The number of alkyl halides is 2. The summed E-state index contributed by atoms with van der Waals surface area (Å²) in [6.07, 6.45) is -1.97. The van der Waals surface area contributed by atoms with Gasteiger partial charge in [0.1, 0.15) is 0 Å². The lowest BCUT2D eigenvalue weighted by Gasteiger charge is -2.23. The first kappa shape index (κ1) is 12.8. The predicted octanol–water partition coefficient (Wildman–Crippen LogP) is 3.82. The maximum Gasteiger partial charge on any atom is 0.300 e. The Morgan fingerprint density at radius 1 is 1.25 bits per heavy atom. The van der Waals surface area contributed by atoms with Crippen LogP contribution in [0.25, 0.3) is 0 Å². The van der Waals surface area contributed by atoms with E-state index in [0.717, 1.165) is 12.0 Å². The molecule has 1 rings (SSSR count). The van der Waals surface area contributed by atoms with E-state index in [4.69, 9.17) is 0 Å². The number of benzene rings is 1. The molecule has 0 saturated heterocycles. The number of halogens is 2. The Hall–Kier alpha value is -1.25. The first-order chi connectivity index (χ1) is 7.38. The molecule has 0 saturated carbocycles. The van der Waals surface area contributed by atoms with Crippen LogP contribution in [0.1, 0.15) is 43.1 Å². The zero-order valence-corrected chi connectivity index (χ0v) is 9.76. The molecule has 1 aromatic rings. The molecule has 0 radical (unpaired) electrons. The Labute approximate surface area is 94.5 Å². The number of hydrogen-bond donors (Lipinski definition) is 0. The quantitative estimate of drug-likeness (QED) is 0.713. The van der Waals surface area contributed by atoms with E-state index in [9.17, 15) is 13.6 Å². The fourth-order valence-corrected chi connectivity index (χ4v) is 1.42. The van der Waals surface area contributed by atoms with Crippen molar-refractivity contribution in [3.05, 3.63) is 35.4 Å². The monoisotopic (exact) mass is 226 g/mol. The minimum Gasteiger partial charge on any atom is -0.288 e. The first-order valence-electron chi connectivity index (χ1n) is 5.31. The van der Waals surface area contributed by atoms with Gasteiger partial charge >= 0.3 is 6.43 Å². The van der Waals surface area contributed by atoms with Crippen LogP contribution in [0.4, 0.5) is 8.78 Å². The van der Waals surface area contributed by atoms with Crippen molar-refractivity contribution in [2.24, 2.45) is 0 Å². The molecular formula is C13H16F2O. The third-order valence-corrected chi connectivity index (χ3v) is 3.03. The topological polar surface area (TPSA) is 17.1 Å². The second-order valence-electron chi connectivity index (χ2n) is 4.48. The minimum atomic E-state index is -2.93. The summed E-state index contributed by atoms with van der Waals surface area (Å²) in [6.45, 7) is 6.23. The summed E-state index contributed by atoms with van der Waals surface area (Å²) < 4.78 is 24.3. The summed E-state index contributed by atoms with van der Waals surface area (Å²) in [5.74, 6) is -1.11. The van der Waals surface area contributed by atoms with Gasteiger partial charge in [-0.3, -0.25) is 4.79 Å². The molecule has 0 aliphatic heterocycles. The molecule has 16 heavy (non-hydrogen) atoms. The molecule has 0 fully saturated rings. The number of rotatable bonds is 4. The standard InChI is InChI=1S/C13H16F2O/c1-4-13(2,3)10-7-5-9(6-8-10)11(16)12(14)15/h5-8,12H,4H2,1-3H3. The van der Waals surface area contributed by atoms with Gasteiger partial charge in [0.05, 0.1) is 0 Å². The number of ketones is 1. The van der Waals surface area contributed by atoms with Crippen molar-refractivity contribution in [2.75, 3.05) is 0 Å². The van der Waals surface area contributed by atoms with Gasteiger partial charge in [0.25, 0.3) is 0 Å². The molecule has 0 amide bonds. The van der Waals surface area contributed by atoms with Crippen LogP contribution in [0.2, 0.25) is 0 Å². The fraction of sp³-hybridized carbons (Fsp3) is 0.462. The summed E-state index contributed by atoms with van der Waals surface area (Å²) in [6, 6.07) is 6.45. The summed E-state index contributed by atoms with van der Waals surface area (Å²) >= 11 is 0. The van der Waals surface area contributed by atoms with Crippen LogP contribution in [0.5, 0.6) is 0 Å². The smallest absolute Gasteiger partial charge is 0.288 e. The lowest BCUT2D eigenvalue weighted by atomic mass is 9.82. The van der Waals surface area contributed by atoms with Crippen molar-refractivity contribution in [2.45, 2.75) is 39.0 Å². The molecule has 0 atom stereocenters. The van der Waals surface area contributed by atoms with Crippen molar-refractivity contribution in [1.29, 1.82) is 0 Å². The van der Waals surface area contributed by atoms with E-state index in [0.29, 0.717) is 0 Å². The third-order valence-electron chi connectivity index (χ3n) is 3.03. The van der Waals surface area contributed by atoms with Gasteiger partial charge in [0.2, 0.25) is 5.78 Å². The zero-order chi connectivity index (χ0) is 12.3. The van der Waals surface area contributed by atoms with E-state index in [1.165, 1.54) is 12.1 Å². The van der Waals surface area contributed by atoms with Crippen LogP contribution in [-0.2, 0) is 5.41 Å². The van der Waals surface area contributed by atoms with Gasteiger partial charge in [-0.05, 0) is 17.4 Å². The van der Waals surface area contributed by atoms with Crippen molar-refractivity contribution in [3.63, 3.8) is 0 Å². The zero-order valence-electron chi connectivity index (χ0n) is 9.76. The molecule has 0 aromatic heterocycles. The van der Waals surface area contributed by atoms with E-state index in [-0.39, 0.29) is 11.0 Å². The lowest BCUT2D eigenvalue weighted by Crippen LogP contribution is -2.16. The number of hydrogen-bond acceptors (Lipinski definition) is 1. The Kier molecular flexibility index (Phi) is 3.79. The van der Waals surface area contributed by atoms with Gasteiger partial charge < -0.3 is 0 Å². The lowest BCUT2D eigenvalue weighted by molar-refractivity contribution is 0.0678.